The largest absolute Gasteiger partial charge is 0.497 e. The number of benzene rings is 2. The van der Waals surface area contributed by atoms with Crippen LogP contribution in [0.2, 0.25) is 0 Å². The highest BCUT2D eigenvalue weighted by atomic mass is 32.2. The number of carbonyl (C=O) groups is 1. The molecule has 1 saturated carbocycles. The van der Waals surface area contributed by atoms with Gasteiger partial charge in [0.05, 0.1) is 37.4 Å². The Morgan fingerprint density at radius 3 is 2.43 bits per heavy atom. The minimum atomic E-state index is -3.94. The van der Waals surface area contributed by atoms with Crippen LogP contribution in [0.1, 0.15) is 32.3 Å². The summed E-state index contributed by atoms with van der Waals surface area (Å²) in [6, 6.07) is 14.8. The van der Waals surface area contributed by atoms with Gasteiger partial charge in [0.2, 0.25) is 10.0 Å². The van der Waals surface area contributed by atoms with Crippen LogP contribution in [0, 0.1) is 23.7 Å². The number of aliphatic hydroxyl groups is 1. The van der Waals surface area contributed by atoms with E-state index in [9.17, 15) is 18.3 Å². The number of carbonyl (C=O) groups excluding carboxylic acids is 1. The molecular formula is C31H42N2O8S. The summed E-state index contributed by atoms with van der Waals surface area (Å²) in [5.74, 6) is 0.930. The lowest BCUT2D eigenvalue weighted by molar-refractivity contribution is -0.135. The molecule has 0 aromatic heterocycles. The van der Waals surface area contributed by atoms with Gasteiger partial charge in [-0.15, -0.1) is 0 Å². The van der Waals surface area contributed by atoms with Gasteiger partial charge in [-0.1, -0.05) is 44.2 Å². The van der Waals surface area contributed by atoms with Crippen LogP contribution >= 0.6 is 0 Å². The highest BCUT2D eigenvalue weighted by Crippen LogP contribution is 2.46. The van der Waals surface area contributed by atoms with E-state index >= 15 is 0 Å². The number of methoxy groups -OCH3 is 1. The lowest BCUT2D eigenvalue weighted by atomic mass is 9.74. The van der Waals surface area contributed by atoms with Gasteiger partial charge in [-0.2, -0.15) is 4.31 Å². The third-order valence-electron chi connectivity index (χ3n) is 8.55. The van der Waals surface area contributed by atoms with Crippen molar-refractivity contribution >= 4 is 16.1 Å². The molecule has 42 heavy (non-hydrogen) atoms. The van der Waals surface area contributed by atoms with Crippen molar-refractivity contribution in [1.29, 1.82) is 0 Å². The van der Waals surface area contributed by atoms with Crippen LogP contribution in [0.15, 0.2) is 59.5 Å². The van der Waals surface area contributed by atoms with E-state index in [4.69, 9.17) is 18.9 Å². The summed E-state index contributed by atoms with van der Waals surface area (Å²) in [6.45, 7) is 4.81. The summed E-state index contributed by atoms with van der Waals surface area (Å²) in [4.78, 5) is 13.5. The van der Waals surface area contributed by atoms with Gasteiger partial charge in [-0.3, -0.25) is 0 Å². The van der Waals surface area contributed by atoms with Gasteiger partial charge in [0.1, 0.15) is 11.9 Å². The highest BCUT2D eigenvalue weighted by Gasteiger charge is 2.52. The molecule has 3 heterocycles. The average Bonchev–Trinajstić information content (AvgIpc) is 3.21. The summed E-state index contributed by atoms with van der Waals surface area (Å²) < 4.78 is 51.6. The molecule has 3 aliphatic heterocycles. The minimum absolute atomic E-state index is 0.000977. The Bertz CT molecular complexity index is 1290. The lowest BCUT2D eigenvalue weighted by Gasteiger charge is -2.36. The van der Waals surface area contributed by atoms with Crippen molar-refractivity contribution in [2.75, 3.05) is 33.4 Å². The molecule has 4 bridgehead atoms. The number of hydrogen-bond donors (Lipinski definition) is 2. The van der Waals surface area contributed by atoms with Gasteiger partial charge in [-0.05, 0) is 55.0 Å². The van der Waals surface area contributed by atoms with Crippen LogP contribution in [-0.4, -0.2) is 81.9 Å². The molecule has 4 aliphatic rings. The Morgan fingerprint density at radius 1 is 1.02 bits per heavy atom. The van der Waals surface area contributed by atoms with E-state index in [0.717, 1.165) is 18.4 Å². The number of nitrogens with zero attached hydrogens (tertiary/aromatic N) is 1. The first kappa shape index (κ1) is 30.7. The van der Waals surface area contributed by atoms with Crippen molar-refractivity contribution in [3.8, 4) is 5.75 Å². The van der Waals surface area contributed by atoms with Crippen molar-refractivity contribution < 1.29 is 37.3 Å². The Labute approximate surface area is 248 Å². The van der Waals surface area contributed by atoms with Gasteiger partial charge >= 0.3 is 6.09 Å². The Morgan fingerprint density at radius 2 is 1.74 bits per heavy atom. The zero-order valence-electron chi connectivity index (χ0n) is 24.4. The van der Waals surface area contributed by atoms with Crippen LogP contribution in [0.5, 0.6) is 5.75 Å². The van der Waals surface area contributed by atoms with E-state index in [1.54, 1.807) is 12.1 Å². The average molecular weight is 603 g/mol. The van der Waals surface area contributed by atoms with E-state index in [2.05, 4.69) is 5.32 Å². The maximum atomic E-state index is 13.7. The van der Waals surface area contributed by atoms with Crippen molar-refractivity contribution in [2.24, 2.45) is 23.7 Å². The van der Waals surface area contributed by atoms with E-state index in [0.29, 0.717) is 25.4 Å². The first-order valence-electron chi connectivity index (χ1n) is 14.7. The normalized spacial score (nSPS) is 26.6. The highest BCUT2D eigenvalue weighted by molar-refractivity contribution is 7.89. The Kier molecular flexibility index (Phi) is 9.74. The van der Waals surface area contributed by atoms with Gasteiger partial charge in [0.25, 0.3) is 0 Å². The van der Waals surface area contributed by atoms with Gasteiger partial charge in [-0.25, -0.2) is 13.2 Å². The van der Waals surface area contributed by atoms with E-state index < -0.39 is 28.3 Å². The number of rotatable bonds is 12. The topological polar surface area (TPSA) is 124 Å². The minimum Gasteiger partial charge on any atom is -0.497 e. The molecule has 2 aromatic carbocycles. The molecule has 230 valence electrons. The third-order valence-corrected chi connectivity index (χ3v) is 10.4. The number of aliphatic hydroxyl groups excluding tert-OH is 1. The second-order valence-corrected chi connectivity index (χ2v) is 13.9. The van der Waals surface area contributed by atoms with Crippen LogP contribution in [0.3, 0.4) is 0 Å². The second kappa shape index (κ2) is 13.3. The number of amides is 1. The first-order chi connectivity index (χ1) is 20.2. The Balaban J connectivity index is 1.33. The van der Waals surface area contributed by atoms with Gasteiger partial charge < -0.3 is 29.4 Å². The monoisotopic (exact) mass is 602 g/mol. The quantitative estimate of drug-likeness (QED) is 0.379. The molecule has 5 unspecified atom stereocenters. The predicted octanol–water partition coefficient (Wildman–Crippen LogP) is 3.44. The van der Waals surface area contributed by atoms with Crippen LogP contribution < -0.4 is 10.1 Å². The van der Waals surface area contributed by atoms with Crippen LogP contribution in [0.4, 0.5) is 4.79 Å². The number of alkyl carbamates (subject to hydrolysis) is 1. The maximum Gasteiger partial charge on any atom is 0.407 e. The summed E-state index contributed by atoms with van der Waals surface area (Å²) in [6.07, 6.45) is -0.221. The Hall–Kier alpha value is -2.70. The van der Waals surface area contributed by atoms with Crippen LogP contribution in [0.25, 0.3) is 0 Å². The van der Waals surface area contributed by atoms with Gasteiger partial charge in [0, 0.05) is 30.8 Å². The molecule has 6 rings (SSSR count). The predicted molar refractivity (Wildman–Crippen MR) is 155 cm³/mol. The molecule has 4 fully saturated rings. The number of nitrogens with one attached hydrogen (secondary N) is 1. The van der Waals surface area contributed by atoms with Crippen LogP contribution in [-0.2, 0) is 30.7 Å². The summed E-state index contributed by atoms with van der Waals surface area (Å²) in [7, 11) is -2.43. The first-order valence-corrected chi connectivity index (χ1v) is 16.2. The van der Waals surface area contributed by atoms with Crippen molar-refractivity contribution in [3.05, 3.63) is 60.2 Å². The lowest BCUT2D eigenvalue weighted by Crippen LogP contribution is -2.52. The van der Waals surface area contributed by atoms with E-state index in [1.165, 1.54) is 23.5 Å². The molecule has 1 amide bonds. The fraction of sp³-hybridized carbons (Fsp3) is 0.581. The standard InChI is InChI=1S/C31H42N2O8S/c1-20(2)16-33(42(36,37)24-12-10-23(38-3)11-13-24)17-28(34)27(15-21-7-5-4-6-8-21)32-31(35)41-29-22-9-14-25-26(29)19-40-30(25)39-18-22/h4-8,10-13,20,22,25-30,34H,9,14-19H2,1-3H3,(H,32,35)/t22?,25?,26?,27-,28+,29?,30?/m0/s1. The fourth-order valence-corrected chi connectivity index (χ4v) is 8.01. The number of sulfonamides is 1. The zero-order chi connectivity index (χ0) is 29.9. The molecule has 2 N–H and O–H groups in total. The number of ether oxygens (including phenoxy) is 4. The second-order valence-electron chi connectivity index (χ2n) is 12.0. The molecular weight excluding hydrogens is 560 g/mol. The molecule has 10 nitrogen and oxygen atoms in total. The van der Waals surface area contributed by atoms with E-state index in [1.807, 2.05) is 44.2 Å². The molecule has 0 spiro atoms. The molecule has 3 saturated heterocycles. The van der Waals surface area contributed by atoms with Gasteiger partial charge in [0.15, 0.2) is 6.29 Å². The molecule has 2 aromatic rings. The third kappa shape index (κ3) is 6.92. The van der Waals surface area contributed by atoms with E-state index in [-0.39, 0.29) is 54.1 Å². The molecule has 7 atom stereocenters. The smallest absolute Gasteiger partial charge is 0.407 e. The number of fused-ring (bicyclic) bond motifs is 2. The summed E-state index contributed by atoms with van der Waals surface area (Å²) in [5, 5.41) is 14.4. The zero-order valence-corrected chi connectivity index (χ0v) is 25.2. The summed E-state index contributed by atoms with van der Waals surface area (Å²) in [5.41, 5.74) is 0.893. The molecule has 11 heteroatoms. The van der Waals surface area contributed by atoms with Crippen molar-refractivity contribution in [3.63, 3.8) is 0 Å². The van der Waals surface area contributed by atoms with Crippen molar-refractivity contribution in [2.45, 2.75) is 62.5 Å². The summed E-state index contributed by atoms with van der Waals surface area (Å²) >= 11 is 0. The SMILES string of the molecule is COc1ccc(S(=O)(=O)N(CC(C)C)C[C@@H](O)[C@H](Cc2ccccc2)NC(=O)OC2C3CCC4C(OC3)OCC42)cc1. The number of hydrogen-bond acceptors (Lipinski definition) is 8. The molecule has 0 radical (unpaired) electrons. The maximum absolute atomic E-state index is 13.7. The van der Waals surface area contributed by atoms with Crippen molar-refractivity contribution in [1.82, 2.24) is 9.62 Å². The fourth-order valence-electron chi connectivity index (χ4n) is 6.39. The molecule has 1 aliphatic carbocycles.